The first kappa shape index (κ1) is 14.3. The van der Waals surface area contributed by atoms with E-state index < -0.39 is 0 Å². The first-order chi connectivity index (χ1) is 10.8. The molecule has 0 saturated heterocycles. The van der Waals surface area contributed by atoms with Crippen LogP contribution in [-0.2, 0) is 16.0 Å². The summed E-state index contributed by atoms with van der Waals surface area (Å²) in [6, 6.07) is 17.6. The second kappa shape index (κ2) is 6.89. The zero-order valence-electron chi connectivity index (χ0n) is 12.3. The largest absolute Gasteiger partial charge is 0.476 e. The Labute approximate surface area is 129 Å². The van der Waals surface area contributed by atoms with Crippen LogP contribution in [0.15, 0.2) is 59.6 Å². The molecule has 0 aliphatic carbocycles. The number of aliphatic imine (C=N–C) groups is 1. The third kappa shape index (κ3) is 3.73. The van der Waals surface area contributed by atoms with Crippen LogP contribution in [0.1, 0.15) is 17.5 Å². The minimum absolute atomic E-state index is 0.0195. The lowest BCUT2D eigenvalue weighted by atomic mass is 10.1. The van der Waals surface area contributed by atoms with Crippen molar-refractivity contribution in [3.05, 3.63) is 65.7 Å². The van der Waals surface area contributed by atoms with Gasteiger partial charge in [-0.25, -0.2) is 4.99 Å². The maximum absolute atomic E-state index is 12.0. The topological polar surface area (TPSA) is 50.7 Å². The molecule has 1 amide bonds. The molecule has 1 aliphatic rings. The molecule has 0 unspecified atom stereocenters. The number of nitrogens with one attached hydrogen (secondary N) is 1. The lowest BCUT2D eigenvalue weighted by Gasteiger charge is -2.07. The first-order valence-corrected chi connectivity index (χ1v) is 7.43. The molecule has 0 bridgehead atoms. The van der Waals surface area contributed by atoms with Crippen LogP contribution in [0, 0.1) is 0 Å². The smallest absolute Gasteiger partial charge is 0.224 e. The summed E-state index contributed by atoms with van der Waals surface area (Å²) in [6.45, 7) is 1.36. The quantitative estimate of drug-likeness (QED) is 0.921. The van der Waals surface area contributed by atoms with Gasteiger partial charge in [-0.15, -0.1) is 0 Å². The van der Waals surface area contributed by atoms with Gasteiger partial charge in [0, 0.05) is 17.7 Å². The van der Waals surface area contributed by atoms with Gasteiger partial charge in [0.05, 0.1) is 6.54 Å². The highest BCUT2D eigenvalue weighted by Crippen LogP contribution is 2.13. The highest BCUT2D eigenvalue weighted by molar-refractivity contribution is 5.96. The molecule has 1 aliphatic heterocycles. The number of nitrogens with zero attached hydrogens (tertiary/aromatic N) is 1. The van der Waals surface area contributed by atoms with Gasteiger partial charge in [0.2, 0.25) is 11.8 Å². The average Bonchev–Trinajstić information content (AvgIpc) is 3.09. The Morgan fingerprint density at radius 1 is 1.09 bits per heavy atom. The van der Waals surface area contributed by atoms with Crippen molar-refractivity contribution in [3.8, 4) is 0 Å². The van der Waals surface area contributed by atoms with E-state index in [0.29, 0.717) is 25.5 Å². The minimum atomic E-state index is 0.0195. The van der Waals surface area contributed by atoms with E-state index in [1.807, 2.05) is 54.6 Å². The molecule has 3 rings (SSSR count). The zero-order chi connectivity index (χ0) is 15.2. The first-order valence-electron chi connectivity index (χ1n) is 7.43. The molecule has 0 radical (unpaired) electrons. The van der Waals surface area contributed by atoms with Crippen molar-refractivity contribution in [3.63, 3.8) is 0 Å². The summed E-state index contributed by atoms with van der Waals surface area (Å²) in [6.07, 6.45) is 1.22. The summed E-state index contributed by atoms with van der Waals surface area (Å²) in [5.74, 6) is 0.702. The fraction of sp³-hybridized carbons (Fsp3) is 0.222. The molecule has 4 heteroatoms. The number of benzene rings is 2. The Balaban J connectivity index is 1.53. The Kier molecular flexibility index (Phi) is 4.49. The number of carbonyl (C=O) groups excluding carboxylic acids is 1. The van der Waals surface area contributed by atoms with Crippen molar-refractivity contribution < 1.29 is 9.53 Å². The van der Waals surface area contributed by atoms with Gasteiger partial charge in [0.1, 0.15) is 6.61 Å². The van der Waals surface area contributed by atoms with Crippen LogP contribution in [0.3, 0.4) is 0 Å². The number of anilines is 1. The number of ether oxygens (including phenoxy) is 1. The molecular formula is C18H18N2O2. The van der Waals surface area contributed by atoms with Crippen LogP contribution in [0.4, 0.5) is 5.69 Å². The van der Waals surface area contributed by atoms with Crippen LogP contribution in [-0.4, -0.2) is 25.0 Å². The Morgan fingerprint density at radius 2 is 1.86 bits per heavy atom. The van der Waals surface area contributed by atoms with Gasteiger partial charge in [-0.3, -0.25) is 4.79 Å². The Hall–Kier alpha value is -2.62. The third-order valence-electron chi connectivity index (χ3n) is 3.48. The lowest BCUT2D eigenvalue weighted by Crippen LogP contribution is -2.12. The van der Waals surface area contributed by atoms with Crippen molar-refractivity contribution >= 4 is 17.5 Å². The van der Waals surface area contributed by atoms with E-state index in [1.165, 1.54) is 5.56 Å². The van der Waals surface area contributed by atoms with Gasteiger partial charge in [0.25, 0.3) is 0 Å². The van der Waals surface area contributed by atoms with Crippen molar-refractivity contribution in [1.82, 2.24) is 0 Å². The fourth-order valence-electron chi connectivity index (χ4n) is 2.33. The molecule has 2 aromatic carbocycles. The predicted octanol–water partition coefficient (Wildman–Crippen LogP) is 3.03. The molecule has 0 saturated carbocycles. The van der Waals surface area contributed by atoms with Gasteiger partial charge >= 0.3 is 0 Å². The summed E-state index contributed by atoms with van der Waals surface area (Å²) in [5, 5.41) is 2.91. The number of hydrogen-bond donors (Lipinski definition) is 1. The monoisotopic (exact) mass is 294 g/mol. The molecule has 0 fully saturated rings. The van der Waals surface area contributed by atoms with E-state index in [1.54, 1.807) is 0 Å². The number of aryl methyl sites for hydroxylation is 1. The van der Waals surface area contributed by atoms with Crippen molar-refractivity contribution in [1.29, 1.82) is 0 Å². The molecule has 112 valence electrons. The average molecular weight is 294 g/mol. The van der Waals surface area contributed by atoms with E-state index >= 15 is 0 Å². The van der Waals surface area contributed by atoms with Crippen LogP contribution in [0.5, 0.6) is 0 Å². The van der Waals surface area contributed by atoms with Gasteiger partial charge in [0.15, 0.2) is 0 Å². The second-order valence-corrected chi connectivity index (χ2v) is 5.15. The molecular weight excluding hydrogens is 276 g/mol. The maximum atomic E-state index is 12.0. The van der Waals surface area contributed by atoms with E-state index in [2.05, 4.69) is 10.3 Å². The number of amides is 1. The predicted molar refractivity (Wildman–Crippen MR) is 87.2 cm³/mol. The van der Waals surface area contributed by atoms with E-state index in [-0.39, 0.29) is 5.91 Å². The fourth-order valence-corrected chi connectivity index (χ4v) is 2.33. The SMILES string of the molecule is O=C(CCc1ccccc1)Nc1ccc(C2=NCCO2)cc1. The number of hydrogen-bond acceptors (Lipinski definition) is 3. The molecule has 4 nitrogen and oxygen atoms in total. The molecule has 2 aromatic rings. The maximum Gasteiger partial charge on any atom is 0.224 e. The minimum Gasteiger partial charge on any atom is -0.476 e. The van der Waals surface area contributed by atoms with Gasteiger partial charge in [-0.1, -0.05) is 30.3 Å². The van der Waals surface area contributed by atoms with Crippen LogP contribution in [0.2, 0.25) is 0 Å². The normalized spacial score (nSPS) is 13.4. The highest BCUT2D eigenvalue weighted by atomic mass is 16.5. The molecule has 22 heavy (non-hydrogen) atoms. The van der Waals surface area contributed by atoms with Gasteiger partial charge in [-0.05, 0) is 36.2 Å². The van der Waals surface area contributed by atoms with Crippen LogP contribution >= 0.6 is 0 Å². The summed E-state index contributed by atoms with van der Waals surface area (Å²) in [5.41, 5.74) is 2.91. The standard InChI is InChI=1S/C18H18N2O2/c21-17(11-6-14-4-2-1-3-5-14)20-16-9-7-15(8-10-16)18-19-12-13-22-18/h1-5,7-10H,6,11-13H2,(H,20,21). The molecule has 1 N–H and O–H groups in total. The van der Waals surface area contributed by atoms with E-state index in [0.717, 1.165) is 17.7 Å². The molecule has 0 atom stereocenters. The highest BCUT2D eigenvalue weighted by Gasteiger charge is 2.10. The zero-order valence-corrected chi connectivity index (χ0v) is 12.3. The summed E-state index contributed by atoms with van der Waals surface area (Å²) in [4.78, 5) is 16.2. The third-order valence-corrected chi connectivity index (χ3v) is 3.48. The summed E-state index contributed by atoms with van der Waals surface area (Å²) < 4.78 is 5.41. The van der Waals surface area contributed by atoms with Gasteiger partial charge in [-0.2, -0.15) is 0 Å². The number of carbonyl (C=O) groups is 1. The Bertz CT molecular complexity index is 663. The summed E-state index contributed by atoms with van der Waals surface area (Å²) in [7, 11) is 0. The summed E-state index contributed by atoms with van der Waals surface area (Å²) >= 11 is 0. The van der Waals surface area contributed by atoms with Crippen LogP contribution < -0.4 is 5.32 Å². The molecule has 0 spiro atoms. The Morgan fingerprint density at radius 3 is 2.55 bits per heavy atom. The second-order valence-electron chi connectivity index (χ2n) is 5.15. The van der Waals surface area contributed by atoms with Crippen molar-refractivity contribution in [2.75, 3.05) is 18.5 Å². The molecule has 1 heterocycles. The molecule has 0 aromatic heterocycles. The van der Waals surface area contributed by atoms with Crippen molar-refractivity contribution in [2.24, 2.45) is 4.99 Å². The van der Waals surface area contributed by atoms with Crippen molar-refractivity contribution in [2.45, 2.75) is 12.8 Å². The van der Waals surface area contributed by atoms with Crippen LogP contribution in [0.25, 0.3) is 0 Å². The van der Waals surface area contributed by atoms with E-state index in [9.17, 15) is 4.79 Å². The van der Waals surface area contributed by atoms with E-state index in [4.69, 9.17) is 4.74 Å². The lowest BCUT2D eigenvalue weighted by molar-refractivity contribution is -0.116. The number of rotatable bonds is 5. The van der Waals surface area contributed by atoms with Gasteiger partial charge < -0.3 is 10.1 Å².